The van der Waals surface area contributed by atoms with Gasteiger partial charge in [-0.2, -0.15) is 0 Å². The van der Waals surface area contributed by atoms with E-state index >= 15 is 0 Å². The number of rotatable bonds is 6. The van der Waals surface area contributed by atoms with Crippen LogP contribution in [0.4, 0.5) is 5.82 Å². The Morgan fingerprint density at radius 2 is 2.12 bits per heavy atom. The van der Waals surface area contributed by atoms with Crippen molar-refractivity contribution < 1.29 is 4.74 Å². The predicted molar refractivity (Wildman–Crippen MR) is 65.7 cm³/mol. The number of anilines is 1. The maximum atomic E-state index is 5.48. The smallest absolute Gasteiger partial charge is 0.147 e. The van der Waals surface area contributed by atoms with Gasteiger partial charge in [0.15, 0.2) is 0 Å². The number of aromatic nitrogens is 2. The summed E-state index contributed by atoms with van der Waals surface area (Å²) in [5, 5.41) is 3.23. The zero-order valence-corrected chi connectivity index (χ0v) is 10.6. The molecule has 16 heavy (non-hydrogen) atoms. The van der Waals surface area contributed by atoms with Gasteiger partial charge in [-0.15, -0.1) is 0 Å². The van der Waals surface area contributed by atoms with Crippen molar-refractivity contribution in [2.24, 2.45) is 5.92 Å². The Balaban J connectivity index is 2.29. The van der Waals surface area contributed by atoms with Crippen LogP contribution in [0, 0.1) is 19.8 Å². The van der Waals surface area contributed by atoms with E-state index < -0.39 is 0 Å². The first-order valence-corrected chi connectivity index (χ1v) is 5.71. The fourth-order valence-electron chi connectivity index (χ4n) is 1.27. The van der Waals surface area contributed by atoms with Crippen LogP contribution >= 0.6 is 0 Å². The molecule has 0 aromatic carbocycles. The van der Waals surface area contributed by atoms with Crippen molar-refractivity contribution in [2.45, 2.75) is 27.7 Å². The first kappa shape index (κ1) is 12.9. The Labute approximate surface area is 97.5 Å². The molecule has 0 spiro atoms. The second kappa shape index (κ2) is 6.43. The molecule has 4 nitrogen and oxygen atoms in total. The van der Waals surface area contributed by atoms with Crippen molar-refractivity contribution >= 4 is 5.82 Å². The molecule has 90 valence electrons. The molecule has 0 aliphatic rings. The Bertz CT molecular complexity index is 326. The molecule has 1 aromatic heterocycles. The number of ether oxygens (including phenoxy) is 1. The SMILES string of the molecule is Cc1cnc(C)c(NCCOCC(C)C)n1. The summed E-state index contributed by atoms with van der Waals surface area (Å²) in [4.78, 5) is 8.62. The largest absolute Gasteiger partial charge is 0.379 e. The molecule has 0 saturated carbocycles. The highest BCUT2D eigenvalue weighted by Crippen LogP contribution is 2.07. The van der Waals surface area contributed by atoms with Gasteiger partial charge in [0.05, 0.1) is 18.0 Å². The van der Waals surface area contributed by atoms with Crippen molar-refractivity contribution in [3.8, 4) is 0 Å². The third-order valence-corrected chi connectivity index (χ3v) is 2.07. The van der Waals surface area contributed by atoms with Crippen molar-refractivity contribution in [3.63, 3.8) is 0 Å². The average molecular weight is 223 g/mol. The molecular weight excluding hydrogens is 202 g/mol. The molecule has 1 N–H and O–H groups in total. The average Bonchev–Trinajstić information content (AvgIpc) is 2.22. The van der Waals surface area contributed by atoms with Crippen LogP contribution in [0.1, 0.15) is 25.2 Å². The Kier molecular flexibility index (Phi) is 5.19. The Morgan fingerprint density at radius 1 is 1.38 bits per heavy atom. The summed E-state index contributed by atoms with van der Waals surface area (Å²) in [6, 6.07) is 0. The molecule has 0 fully saturated rings. The van der Waals surface area contributed by atoms with Crippen LogP contribution in [0.2, 0.25) is 0 Å². The fourth-order valence-corrected chi connectivity index (χ4v) is 1.27. The Morgan fingerprint density at radius 3 is 2.81 bits per heavy atom. The van der Waals surface area contributed by atoms with E-state index in [-0.39, 0.29) is 0 Å². The van der Waals surface area contributed by atoms with Gasteiger partial charge in [-0.1, -0.05) is 13.8 Å². The van der Waals surface area contributed by atoms with Crippen LogP contribution in [0.25, 0.3) is 0 Å². The topological polar surface area (TPSA) is 47.0 Å². The molecule has 4 heteroatoms. The maximum Gasteiger partial charge on any atom is 0.147 e. The summed E-state index contributed by atoms with van der Waals surface area (Å²) in [6.07, 6.45) is 1.77. The molecule has 1 heterocycles. The normalized spacial score (nSPS) is 10.8. The molecule has 0 amide bonds. The minimum Gasteiger partial charge on any atom is -0.379 e. The number of nitrogens with zero attached hydrogens (tertiary/aromatic N) is 2. The lowest BCUT2D eigenvalue weighted by molar-refractivity contribution is 0.118. The van der Waals surface area contributed by atoms with E-state index in [0.717, 1.165) is 30.4 Å². The van der Waals surface area contributed by atoms with Crippen LogP contribution in [-0.2, 0) is 4.74 Å². The highest BCUT2D eigenvalue weighted by molar-refractivity contribution is 5.39. The minimum absolute atomic E-state index is 0.584. The molecule has 0 saturated heterocycles. The van der Waals surface area contributed by atoms with Crippen LogP contribution in [0.3, 0.4) is 0 Å². The number of aryl methyl sites for hydroxylation is 2. The summed E-state index contributed by atoms with van der Waals surface area (Å²) in [5.41, 5.74) is 1.85. The van der Waals surface area contributed by atoms with E-state index in [2.05, 4.69) is 29.1 Å². The zero-order chi connectivity index (χ0) is 12.0. The second-order valence-electron chi connectivity index (χ2n) is 4.34. The molecule has 1 aromatic rings. The molecule has 1 rings (SSSR count). The molecule has 0 aliphatic heterocycles. The summed E-state index contributed by atoms with van der Waals surface area (Å²) in [6.45, 7) is 10.4. The Hall–Kier alpha value is -1.16. The molecule has 0 atom stereocenters. The van der Waals surface area contributed by atoms with Gasteiger partial charge in [0, 0.05) is 19.3 Å². The lowest BCUT2D eigenvalue weighted by atomic mass is 10.2. The predicted octanol–water partition coefficient (Wildman–Crippen LogP) is 2.18. The van der Waals surface area contributed by atoms with Crippen molar-refractivity contribution in [1.29, 1.82) is 0 Å². The van der Waals surface area contributed by atoms with Gasteiger partial charge in [-0.3, -0.25) is 4.98 Å². The quantitative estimate of drug-likeness (QED) is 0.751. The molecular formula is C12H21N3O. The molecule has 0 aliphatic carbocycles. The molecule has 0 bridgehead atoms. The van der Waals surface area contributed by atoms with E-state index in [1.807, 2.05) is 13.8 Å². The third-order valence-electron chi connectivity index (χ3n) is 2.07. The van der Waals surface area contributed by atoms with Crippen LogP contribution < -0.4 is 5.32 Å². The van der Waals surface area contributed by atoms with Gasteiger partial charge < -0.3 is 10.1 Å². The van der Waals surface area contributed by atoms with E-state index in [1.165, 1.54) is 0 Å². The lowest BCUT2D eigenvalue weighted by Gasteiger charge is -2.10. The second-order valence-corrected chi connectivity index (χ2v) is 4.34. The lowest BCUT2D eigenvalue weighted by Crippen LogP contribution is -2.14. The maximum absolute atomic E-state index is 5.48. The van der Waals surface area contributed by atoms with Gasteiger partial charge >= 0.3 is 0 Å². The standard InChI is InChI=1S/C12H21N3O/c1-9(2)8-16-6-5-13-12-11(4)14-7-10(3)15-12/h7,9H,5-6,8H2,1-4H3,(H,13,15). The van der Waals surface area contributed by atoms with Gasteiger partial charge in [0.1, 0.15) is 5.82 Å². The van der Waals surface area contributed by atoms with Gasteiger partial charge in [0.2, 0.25) is 0 Å². The van der Waals surface area contributed by atoms with Gasteiger partial charge in [0.25, 0.3) is 0 Å². The van der Waals surface area contributed by atoms with Crippen LogP contribution in [0.15, 0.2) is 6.20 Å². The first-order chi connectivity index (χ1) is 7.59. The van der Waals surface area contributed by atoms with Crippen molar-refractivity contribution in [3.05, 3.63) is 17.6 Å². The number of nitrogens with one attached hydrogen (secondary N) is 1. The summed E-state index contributed by atoms with van der Waals surface area (Å²) in [5.74, 6) is 1.44. The molecule has 0 unspecified atom stereocenters. The number of hydrogen-bond donors (Lipinski definition) is 1. The fraction of sp³-hybridized carbons (Fsp3) is 0.667. The summed E-state index contributed by atoms with van der Waals surface area (Å²) in [7, 11) is 0. The van der Waals surface area contributed by atoms with Crippen molar-refractivity contribution in [1.82, 2.24) is 9.97 Å². The van der Waals surface area contributed by atoms with Gasteiger partial charge in [-0.25, -0.2) is 4.98 Å². The first-order valence-electron chi connectivity index (χ1n) is 5.71. The van der Waals surface area contributed by atoms with E-state index in [0.29, 0.717) is 12.5 Å². The van der Waals surface area contributed by atoms with Crippen LogP contribution in [0.5, 0.6) is 0 Å². The van der Waals surface area contributed by atoms with Gasteiger partial charge in [-0.05, 0) is 19.8 Å². The summed E-state index contributed by atoms with van der Waals surface area (Å²) >= 11 is 0. The highest BCUT2D eigenvalue weighted by atomic mass is 16.5. The zero-order valence-electron chi connectivity index (χ0n) is 10.6. The summed E-state index contributed by atoms with van der Waals surface area (Å²) < 4.78 is 5.48. The highest BCUT2D eigenvalue weighted by Gasteiger charge is 2.00. The van der Waals surface area contributed by atoms with E-state index in [9.17, 15) is 0 Å². The van der Waals surface area contributed by atoms with E-state index in [4.69, 9.17) is 4.74 Å². The van der Waals surface area contributed by atoms with Crippen molar-refractivity contribution in [2.75, 3.05) is 25.1 Å². The van der Waals surface area contributed by atoms with E-state index in [1.54, 1.807) is 6.20 Å². The number of hydrogen-bond acceptors (Lipinski definition) is 4. The minimum atomic E-state index is 0.584. The third kappa shape index (κ3) is 4.57. The molecule has 0 radical (unpaired) electrons. The van der Waals surface area contributed by atoms with Crippen LogP contribution in [-0.4, -0.2) is 29.7 Å². The monoisotopic (exact) mass is 223 g/mol.